The smallest absolute Gasteiger partial charge is 0.234 e. The van der Waals surface area contributed by atoms with E-state index in [9.17, 15) is 4.79 Å². The maximum atomic E-state index is 9.72. The van der Waals surface area contributed by atoms with Crippen molar-refractivity contribution in [3.8, 4) is 0 Å². The predicted molar refractivity (Wildman–Crippen MR) is 44.6 cm³/mol. The lowest BCUT2D eigenvalue weighted by atomic mass is 10.1. The second-order valence-corrected chi connectivity index (χ2v) is 2.60. The molecular weight excluding hydrogens is 154 g/mol. The van der Waals surface area contributed by atoms with Crippen molar-refractivity contribution < 1.29 is 4.79 Å². The molecule has 64 valence electrons. The number of nitrogens with zero attached hydrogens (tertiary/aromatic N) is 2. The Labute approximate surface area is 70.7 Å². The van der Waals surface area contributed by atoms with Crippen LogP contribution in [0.4, 0.5) is 0 Å². The molecule has 1 aromatic rings. The predicted octanol–water partition coefficient (Wildman–Crippen LogP) is 0.987. The second kappa shape index (κ2) is 4.46. The molecule has 1 aromatic heterocycles. The number of aromatic nitrogens is 2. The highest BCUT2D eigenvalue weighted by atomic mass is 16.1. The molecule has 0 aliphatic heterocycles. The van der Waals surface area contributed by atoms with Crippen LogP contribution in [0, 0.1) is 6.92 Å². The van der Waals surface area contributed by atoms with E-state index < -0.39 is 0 Å². The molecule has 0 amide bonds. The largest absolute Gasteiger partial charge is 0.283 e. The molecule has 0 saturated heterocycles. The molecule has 1 heterocycles. The molecule has 0 fully saturated rings. The third-order valence-electron chi connectivity index (χ3n) is 1.71. The lowest BCUT2D eigenvalue weighted by molar-refractivity contribution is 0.562. The summed E-state index contributed by atoms with van der Waals surface area (Å²) in [5.74, 6) is 0. The van der Waals surface area contributed by atoms with Gasteiger partial charge in [0.25, 0.3) is 0 Å². The average Bonchev–Trinajstić information content (AvgIpc) is 2.46. The SMILES string of the molecule is Cc1[nH]ncc1CCCN=C=O. The van der Waals surface area contributed by atoms with Gasteiger partial charge in [-0.1, -0.05) is 0 Å². The quantitative estimate of drug-likeness (QED) is 0.411. The number of hydrogen-bond donors (Lipinski definition) is 1. The van der Waals surface area contributed by atoms with E-state index in [1.165, 1.54) is 11.6 Å². The van der Waals surface area contributed by atoms with Crippen LogP contribution in [0.25, 0.3) is 0 Å². The fourth-order valence-electron chi connectivity index (χ4n) is 1.02. The van der Waals surface area contributed by atoms with Gasteiger partial charge < -0.3 is 0 Å². The Bertz CT molecular complexity index is 286. The zero-order valence-corrected chi connectivity index (χ0v) is 7.00. The highest BCUT2D eigenvalue weighted by molar-refractivity contribution is 5.32. The van der Waals surface area contributed by atoms with E-state index in [0.29, 0.717) is 6.54 Å². The van der Waals surface area contributed by atoms with E-state index in [4.69, 9.17) is 0 Å². The van der Waals surface area contributed by atoms with E-state index >= 15 is 0 Å². The van der Waals surface area contributed by atoms with Crippen LogP contribution in [0.15, 0.2) is 11.2 Å². The number of H-pyrrole nitrogens is 1. The van der Waals surface area contributed by atoms with Crippen LogP contribution in [0.3, 0.4) is 0 Å². The van der Waals surface area contributed by atoms with Crippen LogP contribution in [0.2, 0.25) is 0 Å². The first-order valence-corrected chi connectivity index (χ1v) is 3.87. The Balaban J connectivity index is 2.33. The van der Waals surface area contributed by atoms with Gasteiger partial charge in [0.1, 0.15) is 0 Å². The molecule has 0 radical (unpaired) electrons. The van der Waals surface area contributed by atoms with Gasteiger partial charge in [0.15, 0.2) is 0 Å². The van der Waals surface area contributed by atoms with Gasteiger partial charge in [-0.3, -0.25) is 5.10 Å². The third-order valence-corrected chi connectivity index (χ3v) is 1.71. The minimum atomic E-state index is 0.550. The topological polar surface area (TPSA) is 58.1 Å². The molecule has 0 unspecified atom stereocenters. The Hall–Kier alpha value is -1.41. The van der Waals surface area contributed by atoms with Crippen LogP contribution >= 0.6 is 0 Å². The van der Waals surface area contributed by atoms with Crippen molar-refractivity contribution in [2.24, 2.45) is 4.99 Å². The number of rotatable bonds is 4. The van der Waals surface area contributed by atoms with Gasteiger partial charge in [0.05, 0.1) is 12.7 Å². The van der Waals surface area contributed by atoms with Gasteiger partial charge >= 0.3 is 0 Å². The lowest BCUT2D eigenvalue weighted by Crippen LogP contribution is -1.88. The minimum absolute atomic E-state index is 0.550. The normalized spacial score (nSPS) is 9.42. The van der Waals surface area contributed by atoms with Gasteiger partial charge in [-0.05, 0) is 25.3 Å². The highest BCUT2D eigenvalue weighted by Gasteiger charge is 1.98. The number of carbonyl (C=O) groups excluding carboxylic acids is 1. The molecule has 0 atom stereocenters. The standard InChI is InChI=1S/C8H11N3O/c1-7-8(5-10-11-7)3-2-4-9-6-12/h5H,2-4H2,1H3,(H,10,11). The summed E-state index contributed by atoms with van der Waals surface area (Å²) < 4.78 is 0. The summed E-state index contributed by atoms with van der Waals surface area (Å²) >= 11 is 0. The summed E-state index contributed by atoms with van der Waals surface area (Å²) in [6, 6.07) is 0. The van der Waals surface area contributed by atoms with Crippen molar-refractivity contribution >= 4 is 6.08 Å². The first-order chi connectivity index (χ1) is 5.84. The fraction of sp³-hybridized carbons (Fsp3) is 0.500. The van der Waals surface area contributed by atoms with Crippen molar-refractivity contribution in [3.05, 3.63) is 17.5 Å². The van der Waals surface area contributed by atoms with Crippen molar-refractivity contribution in [1.29, 1.82) is 0 Å². The Kier molecular flexibility index (Phi) is 3.23. The Morgan fingerprint density at radius 3 is 3.17 bits per heavy atom. The molecule has 0 aliphatic carbocycles. The summed E-state index contributed by atoms with van der Waals surface area (Å²) in [4.78, 5) is 13.2. The zero-order valence-electron chi connectivity index (χ0n) is 7.00. The van der Waals surface area contributed by atoms with E-state index in [2.05, 4.69) is 15.2 Å². The van der Waals surface area contributed by atoms with Crippen LogP contribution in [-0.4, -0.2) is 22.8 Å². The molecule has 0 saturated carbocycles. The molecule has 1 rings (SSSR count). The Morgan fingerprint density at radius 1 is 1.75 bits per heavy atom. The highest BCUT2D eigenvalue weighted by Crippen LogP contribution is 2.05. The van der Waals surface area contributed by atoms with Gasteiger partial charge in [-0.25, -0.2) is 9.79 Å². The van der Waals surface area contributed by atoms with Gasteiger partial charge in [0, 0.05) is 5.69 Å². The molecular formula is C8H11N3O. The van der Waals surface area contributed by atoms with Crippen molar-refractivity contribution in [1.82, 2.24) is 10.2 Å². The maximum Gasteiger partial charge on any atom is 0.234 e. The van der Waals surface area contributed by atoms with E-state index in [0.717, 1.165) is 18.5 Å². The molecule has 4 heteroatoms. The first-order valence-electron chi connectivity index (χ1n) is 3.87. The molecule has 1 N–H and O–H groups in total. The first kappa shape index (κ1) is 8.68. The van der Waals surface area contributed by atoms with Crippen molar-refractivity contribution in [3.63, 3.8) is 0 Å². The second-order valence-electron chi connectivity index (χ2n) is 2.60. The number of aromatic amines is 1. The number of nitrogens with one attached hydrogen (secondary N) is 1. The number of aryl methyl sites for hydroxylation is 2. The van der Waals surface area contributed by atoms with E-state index in [1.807, 2.05) is 6.92 Å². The molecule has 4 nitrogen and oxygen atoms in total. The molecule has 0 aliphatic rings. The van der Waals surface area contributed by atoms with Crippen LogP contribution in [0.5, 0.6) is 0 Å². The van der Waals surface area contributed by atoms with Crippen LogP contribution in [0.1, 0.15) is 17.7 Å². The minimum Gasteiger partial charge on any atom is -0.283 e. The summed E-state index contributed by atoms with van der Waals surface area (Å²) in [7, 11) is 0. The zero-order chi connectivity index (χ0) is 8.81. The lowest BCUT2D eigenvalue weighted by Gasteiger charge is -1.94. The fourth-order valence-corrected chi connectivity index (χ4v) is 1.02. The van der Waals surface area contributed by atoms with E-state index in [1.54, 1.807) is 6.20 Å². The molecule has 0 bridgehead atoms. The van der Waals surface area contributed by atoms with Gasteiger partial charge in [-0.15, -0.1) is 0 Å². The molecule has 0 spiro atoms. The monoisotopic (exact) mass is 165 g/mol. The maximum absolute atomic E-state index is 9.72. The van der Waals surface area contributed by atoms with Crippen LogP contribution < -0.4 is 0 Å². The van der Waals surface area contributed by atoms with Gasteiger partial charge in [-0.2, -0.15) is 5.10 Å². The summed E-state index contributed by atoms with van der Waals surface area (Å²) in [5, 5.41) is 6.74. The summed E-state index contributed by atoms with van der Waals surface area (Å²) in [6.07, 6.45) is 5.10. The number of aliphatic imine (C=N–C) groups is 1. The third kappa shape index (κ3) is 2.32. The summed E-state index contributed by atoms with van der Waals surface area (Å²) in [6.45, 7) is 2.53. The number of isocyanates is 1. The molecule has 0 aromatic carbocycles. The summed E-state index contributed by atoms with van der Waals surface area (Å²) in [5.41, 5.74) is 2.28. The van der Waals surface area contributed by atoms with E-state index in [-0.39, 0.29) is 0 Å². The molecule has 12 heavy (non-hydrogen) atoms. The van der Waals surface area contributed by atoms with Crippen LogP contribution in [-0.2, 0) is 11.2 Å². The van der Waals surface area contributed by atoms with Gasteiger partial charge in [0.2, 0.25) is 6.08 Å². The number of hydrogen-bond acceptors (Lipinski definition) is 3. The van der Waals surface area contributed by atoms with Crippen molar-refractivity contribution in [2.45, 2.75) is 19.8 Å². The Morgan fingerprint density at radius 2 is 2.58 bits per heavy atom. The van der Waals surface area contributed by atoms with Crippen molar-refractivity contribution in [2.75, 3.05) is 6.54 Å². The average molecular weight is 165 g/mol.